The first kappa shape index (κ1) is 21.4. The Labute approximate surface area is 173 Å². The van der Waals surface area contributed by atoms with E-state index in [2.05, 4.69) is 16.0 Å². The Balaban J connectivity index is 1.65. The van der Waals surface area contributed by atoms with E-state index in [9.17, 15) is 23.2 Å². The van der Waals surface area contributed by atoms with Crippen LogP contribution in [0, 0.1) is 23.5 Å². The van der Waals surface area contributed by atoms with Crippen molar-refractivity contribution in [1.82, 2.24) is 5.32 Å². The molecule has 6 nitrogen and oxygen atoms in total. The Kier molecular flexibility index (Phi) is 6.44. The van der Waals surface area contributed by atoms with Gasteiger partial charge in [-0.1, -0.05) is 19.9 Å². The molecular formula is C22H23F2N3O3. The number of nitrogens with one attached hydrogen (secondary N) is 3. The van der Waals surface area contributed by atoms with E-state index in [1.807, 2.05) is 0 Å². The van der Waals surface area contributed by atoms with Gasteiger partial charge in [0, 0.05) is 17.3 Å². The van der Waals surface area contributed by atoms with Crippen LogP contribution in [0.25, 0.3) is 0 Å². The maximum absolute atomic E-state index is 13.9. The average Bonchev–Trinajstić information content (AvgIpc) is 3.52. The zero-order valence-corrected chi connectivity index (χ0v) is 16.7. The summed E-state index contributed by atoms with van der Waals surface area (Å²) in [6, 6.07) is 8.67. The van der Waals surface area contributed by atoms with E-state index in [0.29, 0.717) is 11.4 Å². The number of carbonyl (C=O) groups is 3. The molecule has 2 aromatic rings. The smallest absolute Gasteiger partial charge is 0.257 e. The van der Waals surface area contributed by atoms with E-state index in [-0.39, 0.29) is 17.7 Å². The molecule has 158 valence electrons. The number of anilines is 2. The number of carbonyl (C=O) groups excluding carboxylic acids is 3. The van der Waals surface area contributed by atoms with E-state index in [1.165, 1.54) is 0 Å². The van der Waals surface area contributed by atoms with Crippen LogP contribution in [0.3, 0.4) is 0 Å². The predicted molar refractivity (Wildman–Crippen MR) is 109 cm³/mol. The Bertz CT molecular complexity index is 936. The van der Waals surface area contributed by atoms with Gasteiger partial charge in [0.05, 0.1) is 0 Å². The van der Waals surface area contributed by atoms with E-state index >= 15 is 0 Å². The fourth-order valence-corrected chi connectivity index (χ4v) is 2.91. The van der Waals surface area contributed by atoms with Crippen LogP contribution in [-0.2, 0) is 9.59 Å². The molecule has 2 aromatic carbocycles. The zero-order valence-electron chi connectivity index (χ0n) is 16.7. The summed E-state index contributed by atoms with van der Waals surface area (Å²) in [5.74, 6) is -3.80. The molecule has 1 aliphatic rings. The highest BCUT2D eigenvalue weighted by atomic mass is 19.1. The van der Waals surface area contributed by atoms with Crippen LogP contribution in [0.1, 0.15) is 37.0 Å². The Morgan fingerprint density at radius 1 is 0.900 bits per heavy atom. The second kappa shape index (κ2) is 9.02. The summed E-state index contributed by atoms with van der Waals surface area (Å²) < 4.78 is 27.7. The van der Waals surface area contributed by atoms with Gasteiger partial charge in [-0.2, -0.15) is 0 Å². The van der Waals surface area contributed by atoms with Gasteiger partial charge in [0.2, 0.25) is 11.8 Å². The van der Waals surface area contributed by atoms with Crippen LogP contribution in [0.2, 0.25) is 0 Å². The van der Waals surface area contributed by atoms with E-state index < -0.39 is 35.1 Å². The third kappa shape index (κ3) is 5.20. The first-order chi connectivity index (χ1) is 14.3. The second-order valence-corrected chi connectivity index (χ2v) is 7.62. The van der Waals surface area contributed by atoms with Crippen LogP contribution in [0.5, 0.6) is 0 Å². The molecule has 0 aliphatic heterocycles. The van der Waals surface area contributed by atoms with Gasteiger partial charge in [0.25, 0.3) is 5.91 Å². The molecule has 0 spiro atoms. The third-order valence-corrected chi connectivity index (χ3v) is 4.79. The van der Waals surface area contributed by atoms with Crippen LogP contribution >= 0.6 is 0 Å². The highest BCUT2D eigenvalue weighted by molar-refractivity contribution is 6.01. The number of rotatable bonds is 7. The first-order valence-corrected chi connectivity index (χ1v) is 9.73. The molecule has 8 heteroatoms. The molecule has 1 unspecified atom stereocenters. The maximum Gasteiger partial charge on any atom is 0.257 e. The molecule has 1 aliphatic carbocycles. The van der Waals surface area contributed by atoms with Gasteiger partial charge in [-0.25, -0.2) is 8.78 Å². The summed E-state index contributed by atoms with van der Waals surface area (Å²) in [7, 11) is 0. The van der Waals surface area contributed by atoms with Crippen molar-refractivity contribution < 1.29 is 23.2 Å². The highest BCUT2D eigenvalue weighted by Gasteiger charge is 2.30. The third-order valence-electron chi connectivity index (χ3n) is 4.79. The molecule has 1 fully saturated rings. The molecule has 0 aromatic heterocycles. The van der Waals surface area contributed by atoms with Crippen LogP contribution in [-0.4, -0.2) is 23.8 Å². The fraction of sp³-hybridized carbons (Fsp3) is 0.318. The van der Waals surface area contributed by atoms with Crippen LogP contribution < -0.4 is 16.0 Å². The second-order valence-electron chi connectivity index (χ2n) is 7.62. The Hall–Kier alpha value is -3.29. The van der Waals surface area contributed by atoms with Crippen molar-refractivity contribution in [2.24, 2.45) is 11.8 Å². The van der Waals surface area contributed by atoms with Gasteiger partial charge >= 0.3 is 0 Å². The molecule has 1 saturated carbocycles. The molecule has 0 saturated heterocycles. The topological polar surface area (TPSA) is 87.3 Å². The first-order valence-electron chi connectivity index (χ1n) is 9.73. The van der Waals surface area contributed by atoms with Gasteiger partial charge in [-0.05, 0) is 55.2 Å². The Morgan fingerprint density at radius 2 is 1.43 bits per heavy atom. The molecule has 30 heavy (non-hydrogen) atoms. The molecule has 1 atom stereocenters. The summed E-state index contributed by atoms with van der Waals surface area (Å²) in [4.78, 5) is 36.8. The van der Waals surface area contributed by atoms with Crippen molar-refractivity contribution in [2.45, 2.75) is 32.7 Å². The number of hydrogen-bond donors (Lipinski definition) is 3. The molecule has 3 amide bonds. The number of halogens is 2. The van der Waals surface area contributed by atoms with E-state index in [1.54, 1.807) is 38.1 Å². The van der Waals surface area contributed by atoms with Crippen LogP contribution in [0.4, 0.5) is 20.2 Å². The molecule has 3 N–H and O–H groups in total. The van der Waals surface area contributed by atoms with Crippen molar-refractivity contribution in [3.8, 4) is 0 Å². The summed E-state index contributed by atoms with van der Waals surface area (Å²) in [6.07, 6.45) is 1.80. The summed E-state index contributed by atoms with van der Waals surface area (Å²) in [6.45, 7) is 3.41. The lowest BCUT2D eigenvalue weighted by molar-refractivity contribution is -0.119. The molecule has 0 bridgehead atoms. The SMILES string of the molecule is CC(C)C(NC(=O)c1c(F)cccc1F)C(=O)Nc1ccc(NC(=O)C2CC2)cc1. The monoisotopic (exact) mass is 415 g/mol. The van der Waals surface area contributed by atoms with Gasteiger partial charge in [-0.15, -0.1) is 0 Å². The predicted octanol–water partition coefficient (Wildman–Crippen LogP) is 3.71. The largest absolute Gasteiger partial charge is 0.340 e. The average molecular weight is 415 g/mol. The molecule has 3 rings (SSSR count). The lowest BCUT2D eigenvalue weighted by atomic mass is 10.0. The van der Waals surface area contributed by atoms with E-state index in [4.69, 9.17) is 0 Å². The summed E-state index contributed by atoms with van der Waals surface area (Å²) in [5, 5.41) is 7.88. The molecule has 0 heterocycles. The summed E-state index contributed by atoms with van der Waals surface area (Å²) in [5.41, 5.74) is 0.349. The number of benzene rings is 2. The van der Waals surface area contributed by atoms with Crippen molar-refractivity contribution in [3.05, 3.63) is 59.7 Å². The van der Waals surface area contributed by atoms with Crippen molar-refractivity contribution in [1.29, 1.82) is 0 Å². The molecular weight excluding hydrogens is 392 g/mol. The zero-order chi connectivity index (χ0) is 21.8. The lowest BCUT2D eigenvalue weighted by Crippen LogP contribution is -2.47. The summed E-state index contributed by atoms with van der Waals surface area (Å²) >= 11 is 0. The number of amides is 3. The quantitative estimate of drug-likeness (QED) is 0.644. The normalized spacial score (nSPS) is 14.2. The van der Waals surface area contributed by atoms with Crippen LogP contribution in [0.15, 0.2) is 42.5 Å². The van der Waals surface area contributed by atoms with E-state index in [0.717, 1.165) is 31.0 Å². The fourth-order valence-electron chi connectivity index (χ4n) is 2.91. The van der Waals surface area contributed by atoms with Crippen molar-refractivity contribution >= 4 is 29.1 Å². The van der Waals surface area contributed by atoms with Gasteiger partial charge in [-0.3, -0.25) is 14.4 Å². The minimum Gasteiger partial charge on any atom is -0.340 e. The van der Waals surface area contributed by atoms with Gasteiger partial charge < -0.3 is 16.0 Å². The Morgan fingerprint density at radius 3 is 1.93 bits per heavy atom. The molecule has 0 radical (unpaired) electrons. The lowest BCUT2D eigenvalue weighted by Gasteiger charge is -2.22. The number of hydrogen-bond acceptors (Lipinski definition) is 3. The minimum absolute atomic E-state index is 0.0188. The van der Waals surface area contributed by atoms with Gasteiger partial charge in [0.1, 0.15) is 23.2 Å². The van der Waals surface area contributed by atoms with Crippen molar-refractivity contribution in [2.75, 3.05) is 10.6 Å². The van der Waals surface area contributed by atoms with Gasteiger partial charge in [0.15, 0.2) is 0 Å². The standard InChI is InChI=1S/C22H23F2N3O3/c1-12(2)19(27-21(29)18-16(23)4-3-5-17(18)24)22(30)26-15-10-8-14(9-11-15)25-20(28)13-6-7-13/h3-5,8-13,19H,6-7H2,1-2H3,(H,25,28)(H,26,30)(H,27,29). The maximum atomic E-state index is 13.9. The highest BCUT2D eigenvalue weighted by Crippen LogP contribution is 2.30. The minimum atomic E-state index is -1.01. The van der Waals surface area contributed by atoms with Crippen molar-refractivity contribution in [3.63, 3.8) is 0 Å².